The molecular formula is C9H11N3S2. The van der Waals surface area contributed by atoms with E-state index < -0.39 is 0 Å². The van der Waals surface area contributed by atoms with Crippen molar-refractivity contribution in [2.75, 3.05) is 0 Å². The Labute approximate surface area is 90.6 Å². The number of hydrogen-bond donors (Lipinski definition) is 1. The Balaban J connectivity index is 2.33. The molecule has 1 unspecified atom stereocenters. The number of hydrogen-bond acceptors (Lipinski definition) is 5. The van der Waals surface area contributed by atoms with E-state index in [0.717, 1.165) is 21.4 Å². The van der Waals surface area contributed by atoms with E-state index in [1.165, 1.54) is 0 Å². The second kappa shape index (κ2) is 3.76. The number of aromatic nitrogens is 2. The van der Waals surface area contributed by atoms with E-state index in [9.17, 15) is 0 Å². The van der Waals surface area contributed by atoms with Crippen LogP contribution in [0.2, 0.25) is 0 Å². The maximum absolute atomic E-state index is 5.74. The Morgan fingerprint density at radius 2 is 1.86 bits per heavy atom. The third-order valence-corrected chi connectivity index (χ3v) is 3.61. The lowest BCUT2D eigenvalue weighted by Gasteiger charge is -1.96. The molecule has 0 aromatic carbocycles. The predicted molar refractivity (Wildman–Crippen MR) is 60.6 cm³/mol. The highest BCUT2D eigenvalue weighted by Crippen LogP contribution is 2.25. The molecule has 0 aliphatic carbocycles. The molecule has 2 rings (SSSR count). The van der Waals surface area contributed by atoms with Gasteiger partial charge in [0.25, 0.3) is 0 Å². The van der Waals surface area contributed by atoms with Gasteiger partial charge in [0.05, 0.1) is 11.0 Å². The maximum atomic E-state index is 5.74. The van der Waals surface area contributed by atoms with E-state index in [4.69, 9.17) is 5.73 Å². The lowest BCUT2D eigenvalue weighted by atomic mass is 10.3. The molecule has 3 nitrogen and oxygen atoms in total. The average molecular weight is 225 g/mol. The molecule has 2 aromatic rings. The summed E-state index contributed by atoms with van der Waals surface area (Å²) in [7, 11) is 0. The van der Waals surface area contributed by atoms with Gasteiger partial charge in [0.15, 0.2) is 0 Å². The number of nitrogens with zero attached hydrogens (tertiary/aromatic N) is 2. The highest BCUT2D eigenvalue weighted by Gasteiger charge is 2.09. The number of aryl methyl sites for hydroxylation is 1. The first-order valence-electron chi connectivity index (χ1n) is 4.30. The van der Waals surface area contributed by atoms with Crippen molar-refractivity contribution in [2.24, 2.45) is 5.73 Å². The number of nitrogens with two attached hydrogens (primary N) is 1. The summed E-state index contributed by atoms with van der Waals surface area (Å²) < 4.78 is 0. The number of thiazole rings is 2. The molecule has 2 N–H and O–H groups in total. The van der Waals surface area contributed by atoms with E-state index >= 15 is 0 Å². The van der Waals surface area contributed by atoms with Gasteiger partial charge >= 0.3 is 0 Å². The molecule has 0 radical (unpaired) electrons. The van der Waals surface area contributed by atoms with E-state index in [-0.39, 0.29) is 6.04 Å². The molecule has 1 atom stereocenters. The average Bonchev–Trinajstić information content (AvgIpc) is 2.70. The molecule has 0 fully saturated rings. The minimum Gasteiger partial charge on any atom is -0.322 e. The van der Waals surface area contributed by atoms with Crippen molar-refractivity contribution >= 4 is 22.7 Å². The number of rotatable bonds is 2. The summed E-state index contributed by atoms with van der Waals surface area (Å²) in [5.41, 5.74) is 7.63. The standard InChI is InChI=1S/C9H11N3S2/c1-5(10)9-12-8(4-14-9)7-3-13-6(2)11-7/h3-5H,10H2,1-2H3. The van der Waals surface area contributed by atoms with Crippen LogP contribution >= 0.6 is 22.7 Å². The Hall–Kier alpha value is -0.780. The van der Waals surface area contributed by atoms with Crippen LogP contribution in [0.1, 0.15) is 23.0 Å². The fourth-order valence-corrected chi connectivity index (χ4v) is 2.47. The van der Waals surface area contributed by atoms with Gasteiger partial charge in [-0.25, -0.2) is 9.97 Å². The fraction of sp³-hybridized carbons (Fsp3) is 0.333. The summed E-state index contributed by atoms with van der Waals surface area (Å²) in [5, 5.41) is 6.06. The van der Waals surface area contributed by atoms with E-state index in [1.54, 1.807) is 22.7 Å². The van der Waals surface area contributed by atoms with Gasteiger partial charge < -0.3 is 5.73 Å². The maximum Gasteiger partial charge on any atom is 0.110 e. The minimum atomic E-state index is 0.00785. The van der Waals surface area contributed by atoms with Crippen LogP contribution in [0.25, 0.3) is 11.4 Å². The van der Waals surface area contributed by atoms with Crippen molar-refractivity contribution in [3.63, 3.8) is 0 Å². The summed E-state index contributed by atoms with van der Waals surface area (Å²) in [4.78, 5) is 8.81. The van der Waals surface area contributed by atoms with Gasteiger partial charge in [-0.3, -0.25) is 0 Å². The Kier molecular flexibility index (Phi) is 2.62. The molecule has 0 bridgehead atoms. The Morgan fingerprint density at radius 3 is 2.36 bits per heavy atom. The van der Waals surface area contributed by atoms with Gasteiger partial charge in [0, 0.05) is 10.8 Å². The summed E-state index contributed by atoms with van der Waals surface area (Å²) in [6, 6.07) is 0.00785. The van der Waals surface area contributed by atoms with Crippen molar-refractivity contribution in [1.82, 2.24) is 9.97 Å². The van der Waals surface area contributed by atoms with Gasteiger partial charge in [-0.05, 0) is 13.8 Å². The third-order valence-electron chi connectivity index (χ3n) is 1.79. The fourth-order valence-electron chi connectivity index (χ4n) is 1.10. The van der Waals surface area contributed by atoms with Crippen molar-refractivity contribution in [3.05, 3.63) is 20.8 Å². The van der Waals surface area contributed by atoms with Crippen LogP contribution in [0.15, 0.2) is 10.8 Å². The van der Waals surface area contributed by atoms with Crippen LogP contribution in [0, 0.1) is 6.92 Å². The highest BCUT2D eigenvalue weighted by atomic mass is 32.1. The first kappa shape index (κ1) is 9.76. The van der Waals surface area contributed by atoms with E-state index in [2.05, 4.69) is 9.97 Å². The van der Waals surface area contributed by atoms with Crippen LogP contribution in [-0.2, 0) is 0 Å². The zero-order chi connectivity index (χ0) is 10.1. The van der Waals surface area contributed by atoms with Crippen molar-refractivity contribution < 1.29 is 0 Å². The first-order chi connectivity index (χ1) is 6.66. The highest BCUT2D eigenvalue weighted by molar-refractivity contribution is 7.10. The molecule has 0 saturated heterocycles. The summed E-state index contributed by atoms with van der Waals surface area (Å²) in [6.45, 7) is 3.93. The van der Waals surface area contributed by atoms with Crippen molar-refractivity contribution in [2.45, 2.75) is 19.9 Å². The molecule has 5 heteroatoms. The third kappa shape index (κ3) is 1.84. The van der Waals surface area contributed by atoms with Crippen LogP contribution in [0.4, 0.5) is 0 Å². The van der Waals surface area contributed by atoms with Crippen molar-refractivity contribution in [1.29, 1.82) is 0 Å². The van der Waals surface area contributed by atoms with Gasteiger partial charge in [-0.1, -0.05) is 0 Å². The normalized spacial score (nSPS) is 13.1. The Bertz CT molecular complexity index is 431. The second-order valence-corrected chi connectivity index (χ2v) is 5.06. The zero-order valence-corrected chi connectivity index (χ0v) is 9.65. The SMILES string of the molecule is Cc1nc(-c2csc(C(C)N)n2)cs1. The van der Waals surface area contributed by atoms with E-state index in [1.807, 2.05) is 24.6 Å². The molecule has 74 valence electrons. The van der Waals surface area contributed by atoms with Crippen molar-refractivity contribution in [3.8, 4) is 11.4 Å². The summed E-state index contributed by atoms with van der Waals surface area (Å²) in [5.74, 6) is 0. The monoisotopic (exact) mass is 225 g/mol. The summed E-state index contributed by atoms with van der Waals surface area (Å²) in [6.07, 6.45) is 0. The Morgan fingerprint density at radius 1 is 1.21 bits per heavy atom. The molecule has 2 heterocycles. The molecule has 2 aromatic heterocycles. The van der Waals surface area contributed by atoms with Crippen LogP contribution in [0.5, 0.6) is 0 Å². The van der Waals surface area contributed by atoms with Gasteiger partial charge in [-0.15, -0.1) is 22.7 Å². The van der Waals surface area contributed by atoms with Crippen LogP contribution in [-0.4, -0.2) is 9.97 Å². The quantitative estimate of drug-likeness (QED) is 0.854. The van der Waals surface area contributed by atoms with E-state index in [0.29, 0.717) is 0 Å². The largest absolute Gasteiger partial charge is 0.322 e. The molecule has 0 amide bonds. The lowest BCUT2D eigenvalue weighted by Crippen LogP contribution is -2.03. The molecular weight excluding hydrogens is 214 g/mol. The van der Waals surface area contributed by atoms with Gasteiger partial charge in [0.1, 0.15) is 16.4 Å². The predicted octanol–water partition coefficient (Wildman–Crippen LogP) is 2.59. The second-order valence-electron chi connectivity index (χ2n) is 3.11. The molecule has 14 heavy (non-hydrogen) atoms. The zero-order valence-electron chi connectivity index (χ0n) is 8.02. The molecule has 0 aliphatic heterocycles. The van der Waals surface area contributed by atoms with Crippen LogP contribution < -0.4 is 5.73 Å². The topological polar surface area (TPSA) is 51.8 Å². The first-order valence-corrected chi connectivity index (χ1v) is 6.06. The lowest BCUT2D eigenvalue weighted by molar-refractivity contribution is 0.807. The molecule has 0 spiro atoms. The van der Waals surface area contributed by atoms with Gasteiger partial charge in [0.2, 0.25) is 0 Å². The van der Waals surface area contributed by atoms with Gasteiger partial charge in [-0.2, -0.15) is 0 Å². The molecule has 0 aliphatic rings. The van der Waals surface area contributed by atoms with Crippen LogP contribution in [0.3, 0.4) is 0 Å². The minimum absolute atomic E-state index is 0.00785. The smallest absolute Gasteiger partial charge is 0.110 e. The summed E-state index contributed by atoms with van der Waals surface area (Å²) >= 11 is 3.23. The molecule has 0 saturated carbocycles.